The molecule has 0 saturated carbocycles. The number of aromatic nitrogens is 4. The van der Waals surface area contributed by atoms with Gasteiger partial charge in [-0.05, 0) is 29.8 Å². The number of rotatable bonds is 5. The number of hydrogen-bond acceptors (Lipinski definition) is 6. The Kier molecular flexibility index (Phi) is 4.68. The fraction of sp³-hybridized carbons (Fsp3) is 0.227. The number of aromatic amines is 1. The quantitative estimate of drug-likeness (QED) is 0.550. The summed E-state index contributed by atoms with van der Waals surface area (Å²) < 4.78 is 18.8. The summed E-state index contributed by atoms with van der Waals surface area (Å²) in [5, 5.41) is 5.10. The molecule has 30 heavy (non-hydrogen) atoms. The molecule has 1 N–H and O–H groups in total. The van der Waals surface area contributed by atoms with Crippen LogP contribution < -0.4 is 15.0 Å². The zero-order valence-electron chi connectivity index (χ0n) is 16.4. The van der Waals surface area contributed by atoms with Crippen molar-refractivity contribution in [3.63, 3.8) is 0 Å². The Labute approximate surface area is 172 Å². The normalized spacial score (nSPS) is 13.2. The molecule has 8 nitrogen and oxygen atoms in total. The van der Waals surface area contributed by atoms with Crippen molar-refractivity contribution in [2.45, 2.75) is 19.8 Å². The molecule has 0 unspecified atom stereocenters. The van der Waals surface area contributed by atoms with Crippen LogP contribution in [0.3, 0.4) is 0 Å². The van der Waals surface area contributed by atoms with Gasteiger partial charge in [-0.2, -0.15) is 5.10 Å². The van der Waals surface area contributed by atoms with E-state index in [0.29, 0.717) is 36.5 Å². The molecule has 8 heteroatoms. The van der Waals surface area contributed by atoms with Crippen molar-refractivity contribution in [2.24, 2.45) is 0 Å². The number of methoxy groups -OCH3 is 1. The van der Waals surface area contributed by atoms with Crippen LogP contribution in [0, 0.1) is 0 Å². The van der Waals surface area contributed by atoms with Gasteiger partial charge in [0, 0.05) is 11.6 Å². The average molecular weight is 404 g/mol. The Morgan fingerprint density at radius 3 is 2.87 bits per heavy atom. The summed E-state index contributed by atoms with van der Waals surface area (Å²) in [4.78, 5) is 19.2. The molecule has 0 amide bonds. The molecular formula is C22H20N4O4. The Hall–Kier alpha value is -3.65. The molecule has 1 aliphatic heterocycles. The zero-order valence-corrected chi connectivity index (χ0v) is 16.4. The van der Waals surface area contributed by atoms with Gasteiger partial charge in [-0.3, -0.25) is 9.48 Å². The van der Waals surface area contributed by atoms with Gasteiger partial charge in [0.2, 0.25) is 0 Å². The van der Waals surface area contributed by atoms with Gasteiger partial charge in [-0.25, -0.2) is 4.98 Å². The van der Waals surface area contributed by atoms with Crippen LogP contribution in [0.5, 0.6) is 11.5 Å². The van der Waals surface area contributed by atoms with Crippen LogP contribution in [0.25, 0.3) is 22.0 Å². The number of nitrogens with one attached hydrogen (secondary N) is 1. The number of benzene rings is 2. The Bertz CT molecular complexity index is 1240. The van der Waals surface area contributed by atoms with Crippen LogP contribution in [-0.4, -0.2) is 33.5 Å². The molecule has 0 fully saturated rings. The minimum atomic E-state index is -0.192. The van der Waals surface area contributed by atoms with Gasteiger partial charge in [0.1, 0.15) is 23.8 Å². The summed E-state index contributed by atoms with van der Waals surface area (Å²) in [6, 6.07) is 13.2. The minimum Gasteiger partial charge on any atom is -0.497 e. The third kappa shape index (κ3) is 3.42. The molecule has 0 aliphatic carbocycles. The third-order valence-corrected chi connectivity index (χ3v) is 5.13. The Morgan fingerprint density at radius 1 is 1.20 bits per heavy atom. The maximum Gasteiger partial charge on any atom is 0.258 e. The second kappa shape index (κ2) is 7.64. The smallest absolute Gasteiger partial charge is 0.258 e. The molecule has 0 saturated heterocycles. The van der Waals surface area contributed by atoms with Gasteiger partial charge in [0.25, 0.3) is 5.56 Å². The van der Waals surface area contributed by atoms with E-state index in [1.807, 2.05) is 41.1 Å². The van der Waals surface area contributed by atoms with Crippen LogP contribution in [0.1, 0.15) is 11.4 Å². The van der Waals surface area contributed by atoms with Crippen molar-refractivity contribution in [3.05, 3.63) is 70.5 Å². The molecule has 0 atom stereocenters. The lowest BCUT2D eigenvalue weighted by Crippen LogP contribution is -2.17. The average Bonchev–Trinajstić information content (AvgIpc) is 3.20. The Balaban J connectivity index is 1.53. The van der Waals surface area contributed by atoms with Gasteiger partial charge in [-0.1, -0.05) is 12.1 Å². The van der Waals surface area contributed by atoms with E-state index >= 15 is 0 Å². The standard InChI is InChI=1S/C22H20N4O4/c1-28-17-4-2-14(3-5-17)18-9-19-20(23-13-24-22(19)27)10-21(18)30-11-15-8-16-12-29-7-6-26(16)25-15/h2-5,8-10,13H,6-7,11-12H2,1H3,(H,23,24,27). The number of ether oxygens (including phenoxy) is 3. The summed E-state index contributed by atoms with van der Waals surface area (Å²) in [7, 11) is 1.63. The molecular weight excluding hydrogens is 384 g/mol. The summed E-state index contributed by atoms with van der Waals surface area (Å²) in [6.07, 6.45) is 1.39. The van der Waals surface area contributed by atoms with E-state index in [0.717, 1.165) is 34.8 Å². The topological polar surface area (TPSA) is 91.3 Å². The first-order chi connectivity index (χ1) is 14.7. The van der Waals surface area contributed by atoms with Crippen molar-refractivity contribution in [1.29, 1.82) is 0 Å². The fourth-order valence-corrected chi connectivity index (χ4v) is 3.59. The largest absolute Gasteiger partial charge is 0.497 e. The van der Waals surface area contributed by atoms with Crippen LogP contribution in [-0.2, 0) is 24.5 Å². The highest BCUT2D eigenvalue weighted by Crippen LogP contribution is 2.34. The summed E-state index contributed by atoms with van der Waals surface area (Å²) in [6.45, 7) is 2.28. The second-order valence-corrected chi connectivity index (χ2v) is 7.02. The van der Waals surface area contributed by atoms with E-state index in [2.05, 4.69) is 15.1 Å². The highest BCUT2D eigenvalue weighted by Gasteiger charge is 2.15. The molecule has 0 bridgehead atoms. The lowest BCUT2D eigenvalue weighted by atomic mass is 10.0. The monoisotopic (exact) mass is 404 g/mol. The van der Waals surface area contributed by atoms with Gasteiger partial charge in [0.05, 0.1) is 49.8 Å². The molecule has 0 spiro atoms. The predicted molar refractivity (Wildman–Crippen MR) is 111 cm³/mol. The van der Waals surface area contributed by atoms with Crippen molar-refractivity contribution >= 4 is 10.9 Å². The number of nitrogens with zero attached hydrogens (tertiary/aromatic N) is 3. The molecule has 0 radical (unpaired) electrons. The van der Waals surface area contributed by atoms with Crippen molar-refractivity contribution in [2.75, 3.05) is 13.7 Å². The third-order valence-electron chi connectivity index (χ3n) is 5.13. The van der Waals surface area contributed by atoms with Crippen LogP contribution in [0.4, 0.5) is 0 Å². The van der Waals surface area contributed by atoms with E-state index in [9.17, 15) is 4.79 Å². The lowest BCUT2D eigenvalue weighted by Gasteiger charge is -2.13. The first-order valence-corrected chi connectivity index (χ1v) is 9.63. The van der Waals surface area contributed by atoms with Gasteiger partial charge >= 0.3 is 0 Å². The lowest BCUT2D eigenvalue weighted by molar-refractivity contribution is 0.0799. The highest BCUT2D eigenvalue weighted by molar-refractivity contribution is 5.87. The SMILES string of the molecule is COc1ccc(-c2cc3c(=O)[nH]cnc3cc2OCc2cc3n(n2)CCOC3)cc1. The van der Waals surface area contributed by atoms with Gasteiger partial charge in [0.15, 0.2) is 0 Å². The van der Waals surface area contributed by atoms with E-state index in [1.54, 1.807) is 13.2 Å². The maximum absolute atomic E-state index is 12.3. The summed E-state index contributed by atoms with van der Waals surface area (Å²) in [5.74, 6) is 1.39. The maximum atomic E-state index is 12.3. The molecule has 5 rings (SSSR count). The number of H-pyrrole nitrogens is 1. The molecule has 2 aromatic carbocycles. The Morgan fingerprint density at radius 2 is 2.07 bits per heavy atom. The second-order valence-electron chi connectivity index (χ2n) is 7.02. The molecule has 152 valence electrons. The number of fused-ring (bicyclic) bond motifs is 2. The predicted octanol–water partition coefficient (Wildman–Crippen LogP) is 2.90. The van der Waals surface area contributed by atoms with Crippen molar-refractivity contribution in [3.8, 4) is 22.6 Å². The minimum absolute atomic E-state index is 0.192. The first kappa shape index (κ1) is 18.4. The van der Waals surface area contributed by atoms with Crippen LogP contribution in [0.2, 0.25) is 0 Å². The van der Waals surface area contributed by atoms with E-state index in [-0.39, 0.29) is 5.56 Å². The van der Waals surface area contributed by atoms with Gasteiger partial charge in [-0.15, -0.1) is 0 Å². The summed E-state index contributed by atoms with van der Waals surface area (Å²) >= 11 is 0. The fourth-order valence-electron chi connectivity index (χ4n) is 3.59. The molecule has 2 aromatic heterocycles. The van der Waals surface area contributed by atoms with Crippen LogP contribution >= 0.6 is 0 Å². The zero-order chi connectivity index (χ0) is 20.5. The highest BCUT2D eigenvalue weighted by atomic mass is 16.5. The van der Waals surface area contributed by atoms with E-state index < -0.39 is 0 Å². The number of hydrogen-bond donors (Lipinski definition) is 1. The summed E-state index contributed by atoms with van der Waals surface area (Å²) in [5.41, 5.74) is 3.97. The molecule has 3 heterocycles. The van der Waals surface area contributed by atoms with Crippen molar-refractivity contribution < 1.29 is 14.2 Å². The van der Waals surface area contributed by atoms with Gasteiger partial charge < -0.3 is 19.2 Å². The van der Waals surface area contributed by atoms with E-state index in [4.69, 9.17) is 14.2 Å². The molecule has 4 aromatic rings. The molecule has 1 aliphatic rings. The van der Waals surface area contributed by atoms with Crippen molar-refractivity contribution in [1.82, 2.24) is 19.7 Å². The van der Waals surface area contributed by atoms with E-state index in [1.165, 1.54) is 6.33 Å². The van der Waals surface area contributed by atoms with Crippen LogP contribution in [0.15, 0.2) is 53.6 Å². The first-order valence-electron chi connectivity index (χ1n) is 9.63.